The number of nitrogens with zero attached hydrogens (tertiary/aromatic N) is 1. The minimum absolute atomic E-state index is 0.100. The summed E-state index contributed by atoms with van der Waals surface area (Å²) in [5.41, 5.74) is 2.78. The number of rotatable bonds is 6. The Balaban J connectivity index is 1.53. The molecule has 1 aliphatic heterocycles. The van der Waals surface area contributed by atoms with Gasteiger partial charge in [-0.05, 0) is 29.7 Å². The number of carbonyl (C=O) groups excluding carboxylic acids is 2. The van der Waals surface area contributed by atoms with Crippen LogP contribution in [0, 0.1) is 0 Å². The molecule has 0 radical (unpaired) electrons. The maximum absolute atomic E-state index is 12.3. The molecule has 0 bridgehead atoms. The molecule has 0 aliphatic carbocycles. The van der Waals surface area contributed by atoms with Crippen LogP contribution >= 0.6 is 0 Å². The van der Waals surface area contributed by atoms with Gasteiger partial charge in [0.05, 0.1) is 6.04 Å². The van der Waals surface area contributed by atoms with Crippen LogP contribution in [0.1, 0.15) is 27.9 Å². The first-order chi connectivity index (χ1) is 12.2. The zero-order chi connectivity index (χ0) is 17.6. The smallest absolute Gasteiger partial charge is 0.251 e. The van der Waals surface area contributed by atoms with Crippen LogP contribution in [0.2, 0.25) is 0 Å². The number of hydrogen-bond acceptors (Lipinski definition) is 2. The molecule has 0 aromatic heterocycles. The van der Waals surface area contributed by atoms with Gasteiger partial charge in [0.25, 0.3) is 5.91 Å². The van der Waals surface area contributed by atoms with Crippen molar-refractivity contribution in [3.63, 3.8) is 0 Å². The quantitative estimate of drug-likeness (QED) is 0.883. The summed E-state index contributed by atoms with van der Waals surface area (Å²) < 4.78 is 0. The lowest BCUT2D eigenvalue weighted by atomic mass is 10.1. The number of carbonyl (C=O) groups is 2. The maximum atomic E-state index is 12.3. The van der Waals surface area contributed by atoms with Gasteiger partial charge >= 0.3 is 0 Å². The number of likely N-dealkylation sites (tertiary alicyclic amines) is 1. The number of hydrogen-bond donors (Lipinski definition) is 1. The third-order valence-electron chi connectivity index (χ3n) is 4.47. The summed E-state index contributed by atoms with van der Waals surface area (Å²) in [5, 5.41) is 2.96. The van der Waals surface area contributed by atoms with Crippen LogP contribution in [-0.2, 0) is 11.2 Å². The Hall–Kier alpha value is -2.88. The maximum Gasteiger partial charge on any atom is 0.251 e. The molecule has 25 heavy (non-hydrogen) atoms. The zero-order valence-corrected chi connectivity index (χ0v) is 14.2. The standard InChI is InChI=1S/C21H22N2O2/c1-2-16-8-10-18(11-9-16)21(25)22-19-14-20(24)23(15-19)13-12-17-6-4-3-5-7-17/h2-11,19H,1,12-15H2,(H,22,25). The molecule has 128 valence electrons. The zero-order valence-electron chi connectivity index (χ0n) is 14.2. The minimum Gasteiger partial charge on any atom is -0.347 e. The molecule has 1 N–H and O–H groups in total. The van der Waals surface area contributed by atoms with E-state index in [2.05, 4.69) is 24.0 Å². The van der Waals surface area contributed by atoms with Gasteiger partial charge in [-0.15, -0.1) is 0 Å². The molecular formula is C21H22N2O2. The van der Waals surface area contributed by atoms with Crippen LogP contribution in [0.3, 0.4) is 0 Å². The highest BCUT2D eigenvalue weighted by atomic mass is 16.2. The Kier molecular flexibility index (Phi) is 5.29. The molecule has 4 heteroatoms. The lowest BCUT2D eigenvalue weighted by molar-refractivity contribution is -0.127. The molecule has 1 aliphatic rings. The predicted molar refractivity (Wildman–Crippen MR) is 99.1 cm³/mol. The molecule has 4 nitrogen and oxygen atoms in total. The van der Waals surface area contributed by atoms with E-state index in [0.717, 1.165) is 12.0 Å². The van der Waals surface area contributed by atoms with E-state index in [1.54, 1.807) is 18.2 Å². The van der Waals surface area contributed by atoms with Gasteiger partial charge in [-0.2, -0.15) is 0 Å². The first-order valence-electron chi connectivity index (χ1n) is 8.51. The number of nitrogens with one attached hydrogen (secondary N) is 1. The van der Waals surface area contributed by atoms with Crippen molar-refractivity contribution in [2.24, 2.45) is 0 Å². The summed E-state index contributed by atoms with van der Waals surface area (Å²) in [5.74, 6) is -0.0402. The van der Waals surface area contributed by atoms with Crippen LogP contribution in [-0.4, -0.2) is 35.8 Å². The highest BCUT2D eigenvalue weighted by Crippen LogP contribution is 2.14. The molecule has 1 heterocycles. The third-order valence-corrected chi connectivity index (χ3v) is 4.47. The number of benzene rings is 2. The van der Waals surface area contributed by atoms with Gasteiger partial charge in [0.2, 0.25) is 5.91 Å². The molecule has 2 aromatic carbocycles. The van der Waals surface area contributed by atoms with E-state index in [1.165, 1.54) is 5.56 Å². The Morgan fingerprint density at radius 2 is 1.88 bits per heavy atom. The lowest BCUT2D eigenvalue weighted by Gasteiger charge is -2.17. The molecule has 1 unspecified atom stereocenters. The minimum atomic E-state index is -0.140. The van der Waals surface area contributed by atoms with Gasteiger partial charge in [-0.25, -0.2) is 0 Å². The van der Waals surface area contributed by atoms with E-state index < -0.39 is 0 Å². The summed E-state index contributed by atoms with van der Waals surface area (Å²) in [7, 11) is 0. The molecular weight excluding hydrogens is 312 g/mol. The van der Waals surface area contributed by atoms with Crippen molar-refractivity contribution in [3.8, 4) is 0 Å². The second kappa shape index (κ2) is 7.79. The SMILES string of the molecule is C=Cc1ccc(C(=O)NC2CC(=O)N(CCc3ccccc3)C2)cc1. The monoisotopic (exact) mass is 334 g/mol. The second-order valence-corrected chi connectivity index (χ2v) is 6.28. The average Bonchev–Trinajstić information content (AvgIpc) is 3.00. The van der Waals surface area contributed by atoms with Gasteiger partial charge < -0.3 is 10.2 Å². The fourth-order valence-electron chi connectivity index (χ4n) is 3.03. The molecule has 0 spiro atoms. The highest BCUT2D eigenvalue weighted by Gasteiger charge is 2.30. The molecule has 2 amide bonds. The van der Waals surface area contributed by atoms with Gasteiger partial charge in [0.1, 0.15) is 0 Å². The van der Waals surface area contributed by atoms with Gasteiger partial charge in [0.15, 0.2) is 0 Å². The molecule has 1 saturated heterocycles. The van der Waals surface area contributed by atoms with Crippen molar-refractivity contribution in [2.75, 3.05) is 13.1 Å². The van der Waals surface area contributed by atoms with E-state index in [0.29, 0.717) is 25.1 Å². The van der Waals surface area contributed by atoms with Crippen LogP contribution < -0.4 is 5.32 Å². The van der Waals surface area contributed by atoms with Crippen molar-refractivity contribution < 1.29 is 9.59 Å². The van der Waals surface area contributed by atoms with Gasteiger partial charge in [-0.1, -0.05) is 55.1 Å². The molecule has 3 rings (SSSR count). The largest absolute Gasteiger partial charge is 0.347 e. The number of amides is 2. The molecule has 2 aromatic rings. The summed E-state index contributed by atoms with van der Waals surface area (Å²) in [6.07, 6.45) is 2.93. The highest BCUT2D eigenvalue weighted by molar-refractivity contribution is 5.95. The molecule has 0 saturated carbocycles. The van der Waals surface area contributed by atoms with Crippen molar-refractivity contribution in [3.05, 3.63) is 77.9 Å². The topological polar surface area (TPSA) is 49.4 Å². The summed E-state index contributed by atoms with van der Waals surface area (Å²) in [6, 6.07) is 17.2. The summed E-state index contributed by atoms with van der Waals surface area (Å²) in [4.78, 5) is 26.3. The van der Waals surface area contributed by atoms with Crippen LogP contribution in [0.25, 0.3) is 6.08 Å². The fourth-order valence-corrected chi connectivity index (χ4v) is 3.03. The van der Waals surface area contributed by atoms with Gasteiger partial charge in [0, 0.05) is 25.1 Å². The first kappa shape index (κ1) is 17.0. The van der Waals surface area contributed by atoms with Crippen molar-refractivity contribution >= 4 is 17.9 Å². The Morgan fingerprint density at radius 3 is 2.56 bits per heavy atom. The summed E-state index contributed by atoms with van der Waals surface area (Å²) in [6.45, 7) is 4.96. The predicted octanol–water partition coefficient (Wildman–Crippen LogP) is 2.90. The van der Waals surface area contributed by atoms with Crippen LogP contribution in [0.5, 0.6) is 0 Å². The van der Waals surface area contributed by atoms with E-state index in [-0.39, 0.29) is 17.9 Å². The molecule has 1 atom stereocenters. The van der Waals surface area contributed by atoms with Crippen LogP contribution in [0.4, 0.5) is 0 Å². The summed E-state index contributed by atoms with van der Waals surface area (Å²) >= 11 is 0. The van der Waals surface area contributed by atoms with Crippen molar-refractivity contribution in [1.29, 1.82) is 0 Å². The Morgan fingerprint density at radius 1 is 1.16 bits per heavy atom. The molecule has 1 fully saturated rings. The van der Waals surface area contributed by atoms with E-state index >= 15 is 0 Å². The van der Waals surface area contributed by atoms with Gasteiger partial charge in [-0.3, -0.25) is 9.59 Å². The van der Waals surface area contributed by atoms with E-state index in [1.807, 2.05) is 35.2 Å². The normalized spacial score (nSPS) is 16.7. The second-order valence-electron chi connectivity index (χ2n) is 6.28. The van der Waals surface area contributed by atoms with Crippen LogP contribution in [0.15, 0.2) is 61.2 Å². The average molecular weight is 334 g/mol. The Bertz CT molecular complexity index is 753. The first-order valence-corrected chi connectivity index (χ1v) is 8.51. The lowest BCUT2D eigenvalue weighted by Crippen LogP contribution is -2.37. The Labute approximate surface area is 148 Å². The van der Waals surface area contributed by atoms with E-state index in [9.17, 15) is 9.59 Å². The fraction of sp³-hybridized carbons (Fsp3) is 0.238. The van der Waals surface area contributed by atoms with E-state index in [4.69, 9.17) is 0 Å². The van der Waals surface area contributed by atoms with Crippen molar-refractivity contribution in [2.45, 2.75) is 18.9 Å². The third kappa shape index (κ3) is 4.35. The van der Waals surface area contributed by atoms with Crippen molar-refractivity contribution in [1.82, 2.24) is 10.2 Å².